The van der Waals surface area contributed by atoms with Gasteiger partial charge in [0.1, 0.15) is 0 Å². The van der Waals surface area contributed by atoms with Crippen LogP contribution in [0.1, 0.15) is 26.2 Å². The second-order valence-corrected chi connectivity index (χ2v) is 1.91. The van der Waals surface area contributed by atoms with Gasteiger partial charge >= 0.3 is 0 Å². The van der Waals surface area contributed by atoms with Gasteiger partial charge in [0.05, 0.1) is 0 Å². The van der Waals surface area contributed by atoms with Crippen LogP contribution in [-0.4, -0.2) is 18.0 Å². The summed E-state index contributed by atoms with van der Waals surface area (Å²) in [7, 11) is 0. The van der Waals surface area contributed by atoms with Crippen LogP contribution in [-0.2, 0) is 24.2 Å². The number of ether oxygens (including phenoxy) is 1. The predicted molar refractivity (Wildman–Crippen MR) is 36.8 cm³/mol. The Labute approximate surface area is 75.7 Å². The molecular formula is C7H15O2Zn-. The Bertz CT molecular complexity index is 59.6. The maximum atomic E-state index is 8.93. The van der Waals surface area contributed by atoms with Crippen LogP contribution in [0, 0.1) is 6.92 Å². The van der Waals surface area contributed by atoms with Crippen LogP contribution in [0.3, 0.4) is 0 Å². The van der Waals surface area contributed by atoms with E-state index in [1.54, 1.807) is 0 Å². The number of aliphatic hydroxyl groups is 1. The second kappa shape index (κ2) is 9.54. The van der Waals surface area contributed by atoms with Crippen molar-refractivity contribution in [1.29, 1.82) is 0 Å². The average molecular weight is 197 g/mol. The maximum Gasteiger partial charge on any atom is 0.154 e. The van der Waals surface area contributed by atoms with Crippen LogP contribution in [0.5, 0.6) is 0 Å². The zero-order chi connectivity index (χ0) is 7.11. The summed E-state index contributed by atoms with van der Waals surface area (Å²) in [5.74, 6) is 0. The molecule has 58 valence electrons. The monoisotopic (exact) mass is 195 g/mol. The van der Waals surface area contributed by atoms with Gasteiger partial charge in [0.25, 0.3) is 0 Å². The van der Waals surface area contributed by atoms with Gasteiger partial charge in [-0.2, -0.15) is 6.42 Å². The van der Waals surface area contributed by atoms with E-state index >= 15 is 0 Å². The first-order valence-corrected chi connectivity index (χ1v) is 3.40. The van der Waals surface area contributed by atoms with Gasteiger partial charge in [0.15, 0.2) is 6.29 Å². The maximum absolute atomic E-state index is 8.93. The minimum absolute atomic E-state index is 0. The van der Waals surface area contributed by atoms with E-state index in [0.29, 0.717) is 13.0 Å². The summed E-state index contributed by atoms with van der Waals surface area (Å²) in [5.41, 5.74) is 0. The fourth-order valence-corrected chi connectivity index (χ4v) is 0.595. The molecule has 0 fully saturated rings. The van der Waals surface area contributed by atoms with Crippen LogP contribution >= 0.6 is 0 Å². The summed E-state index contributed by atoms with van der Waals surface area (Å²) in [6.07, 6.45) is 1.93. The summed E-state index contributed by atoms with van der Waals surface area (Å²) in [6, 6.07) is 0. The molecule has 0 aliphatic heterocycles. The number of hydrogen-bond acceptors (Lipinski definition) is 2. The molecule has 0 heterocycles. The van der Waals surface area contributed by atoms with Crippen molar-refractivity contribution in [1.82, 2.24) is 0 Å². The third-order valence-electron chi connectivity index (χ3n) is 1.06. The molecule has 0 aliphatic rings. The van der Waals surface area contributed by atoms with Gasteiger partial charge in [0, 0.05) is 26.1 Å². The van der Waals surface area contributed by atoms with Gasteiger partial charge in [0.2, 0.25) is 0 Å². The Hall–Kier alpha value is 0.543. The molecule has 0 bridgehead atoms. The van der Waals surface area contributed by atoms with Crippen molar-refractivity contribution < 1.29 is 29.3 Å². The molecule has 1 atom stereocenters. The molecule has 0 aliphatic carbocycles. The van der Waals surface area contributed by atoms with Crippen LogP contribution in [0.25, 0.3) is 0 Å². The van der Waals surface area contributed by atoms with Crippen molar-refractivity contribution in [2.45, 2.75) is 32.5 Å². The summed E-state index contributed by atoms with van der Waals surface area (Å²) in [4.78, 5) is 0. The van der Waals surface area contributed by atoms with E-state index in [2.05, 4.69) is 6.92 Å². The van der Waals surface area contributed by atoms with E-state index in [-0.39, 0.29) is 19.5 Å². The van der Waals surface area contributed by atoms with Gasteiger partial charge in [-0.05, 0) is 13.3 Å². The molecule has 0 aromatic carbocycles. The Morgan fingerprint density at radius 1 is 1.60 bits per heavy atom. The first-order valence-electron chi connectivity index (χ1n) is 3.40. The third kappa shape index (κ3) is 8.54. The van der Waals surface area contributed by atoms with E-state index < -0.39 is 6.29 Å². The topological polar surface area (TPSA) is 29.5 Å². The minimum atomic E-state index is -0.572. The number of unbranched alkanes of at least 4 members (excludes halogenated alkanes) is 1. The molecule has 2 nitrogen and oxygen atoms in total. The van der Waals surface area contributed by atoms with Crippen molar-refractivity contribution >= 4 is 0 Å². The first kappa shape index (κ1) is 13.2. The zero-order valence-corrected chi connectivity index (χ0v) is 9.64. The fraction of sp³-hybridized carbons (Fsp3) is 0.857. The molecule has 1 unspecified atom stereocenters. The second-order valence-electron chi connectivity index (χ2n) is 1.91. The van der Waals surface area contributed by atoms with Crippen molar-refractivity contribution in [2.24, 2.45) is 0 Å². The SMILES string of the molecule is [CH2-]CCCC(O)OCC.[Zn]. The van der Waals surface area contributed by atoms with Gasteiger partial charge in [-0.15, -0.1) is 0 Å². The quantitative estimate of drug-likeness (QED) is 0.409. The molecule has 0 rings (SSSR count). The minimum Gasteiger partial charge on any atom is -0.368 e. The first-order chi connectivity index (χ1) is 4.31. The summed E-state index contributed by atoms with van der Waals surface area (Å²) in [6.45, 7) is 6.10. The number of aliphatic hydroxyl groups excluding tert-OH is 1. The summed E-state index contributed by atoms with van der Waals surface area (Å²) in [5, 5.41) is 8.93. The van der Waals surface area contributed by atoms with E-state index in [0.717, 1.165) is 12.8 Å². The van der Waals surface area contributed by atoms with E-state index in [1.807, 2.05) is 6.92 Å². The Kier molecular flexibility index (Phi) is 12.6. The van der Waals surface area contributed by atoms with Gasteiger partial charge < -0.3 is 16.8 Å². The van der Waals surface area contributed by atoms with Gasteiger partial charge in [-0.1, -0.05) is 6.42 Å². The predicted octanol–water partition coefficient (Wildman–Crippen LogP) is 1.34. The summed E-state index contributed by atoms with van der Waals surface area (Å²) < 4.78 is 4.87. The van der Waals surface area contributed by atoms with Crippen molar-refractivity contribution in [3.8, 4) is 0 Å². The van der Waals surface area contributed by atoms with Crippen LogP contribution in [0.4, 0.5) is 0 Å². The van der Waals surface area contributed by atoms with Crippen molar-refractivity contribution in [3.63, 3.8) is 0 Å². The molecule has 0 radical (unpaired) electrons. The molecular weight excluding hydrogens is 181 g/mol. The molecule has 0 amide bonds. The normalized spacial score (nSPS) is 12.3. The average Bonchev–Trinajstić information content (AvgIpc) is 1.85. The van der Waals surface area contributed by atoms with E-state index in [4.69, 9.17) is 9.84 Å². The molecule has 0 spiro atoms. The van der Waals surface area contributed by atoms with E-state index in [1.165, 1.54) is 0 Å². The van der Waals surface area contributed by atoms with E-state index in [9.17, 15) is 0 Å². The molecule has 0 aromatic heterocycles. The molecule has 10 heavy (non-hydrogen) atoms. The fourth-order valence-electron chi connectivity index (χ4n) is 0.595. The summed E-state index contributed by atoms with van der Waals surface area (Å²) >= 11 is 0. The van der Waals surface area contributed by atoms with Crippen LogP contribution in [0.2, 0.25) is 0 Å². The zero-order valence-electron chi connectivity index (χ0n) is 6.68. The number of hydrogen-bond donors (Lipinski definition) is 1. The van der Waals surface area contributed by atoms with Crippen LogP contribution < -0.4 is 0 Å². The van der Waals surface area contributed by atoms with Gasteiger partial charge in [-0.3, -0.25) is 0 Å². The van der Waals surface area contributed by atoms with Crippen molar-refractivity contribution in [2.75, 3.05) is 6.61 Å². The number of rotatable bonds is 5. The Morgan fingerprint density at radius 2 is 2.20 bits per heavy atom. The molecule has 3 heteroatoms. The Balaban J connectivity index is 0. The van der Waals surface area contributed by atoms with Crippen LogP contribution in [0.15, 0.2) is 0 Å². The standard InChI is InChI=1S/C7H15O2.Zn/c1-3-5-6-7(8)9-4-2;/h7-8H,1,3-6H2,2H3;/q-1;. The molecule has 0 saturated carbocycles. The molecule has 0 saturated heterocycles. The van der Waals surface area contributed by atoms with Crippen molar-refractivity contribution in [3.05, 3.63) is 6.92 Å². The van der Waals surface area contributed by atoms with Gasteiger partial charge in [-0.25, -0.2) is 0 Å². The smallest absolute Gasteiger partial charge is 0.154 e. The Morgan fingerprint density at radius 3 is 2.60 bits per heavy atom. The largest absolute Gasteiger partial charge is 0.368 e. The molecule has 1 N–H and O–H groups in total. The third-order valence-corrected chi connectivity index (χ3v) is 1.06. The molecule has 0 aromatic rings.